The fourth-order valence-electron chi connectivity index (χ4n) is 2.70. The third-order valence-corrected chi connectivity index (χ3v) is 3.80. The van der Waals surface area contributed by atoms with Crippen LogP contribution in [0.3, 0.4) is 0 Å². The Morgan fingerprint density at radius 1 is 1.33 bits per heavy atom. The van der Waals surface area contributed by atoms with E-state index in [2.05, 4.69) is 0 Å². The fourth-order valence-corrected chi connectivity index (χ4v) is 2.70. The molecule has 0 aromatic heterocycles. The average Bonchev–Trinajstić information content (AvgIpc) is 2.97. The van der Waals surface area contributed by atoms with Crippen LogP contribution >= 0.6 is 0 Å². The number of anilines is 1. The van der Waals surface area contributed by atoms with Crippen molar-refractivity contribution in [1.29, 1.82) is 0 Å². The number of nitrogens with zero attached hydrogens (tertiary/aromatic N) is 2. The number of carboxylic acid groups (broad SMARTS) is 1. The van der Waals surface area contributed by atoms with Crippen molar-refractivity contribution in [2.24, 2.45) is 0 Å². The van der Waals surface area contributed by atoms with Crippen LogP contribution < -0.4 is 4.90 Å². The standard InChI is InChI=1S/C15H19FN2O3/c1-17(13-8-4-5-11(16)9-13)15(21)18(10-14(19)20)12-6-2-3-7-12/h4-5,8-9,12H,2-3,6-7,10H2,1H3,(H,19,20). The number of carboxylic acids is 1. The first-order chi connectivity index (χ1) is 9.99. The molecule has 1 aromatic rings. The predicted octanol–water partition coefficient (Wildman–Crippen LogP) is 2.71. The molecular weight excluding hydrogens is 275 g/mol. The second-order valence-electron chi connectivity index (χ2n) is 5.28. The highest BCUT2D eigenvalue weighted by molar-refractivity contribution is 5.93. The molecule has 0 radical (unpaired) electrons. The molecule has 1 aromatic carbocycles. The van der Waals surface area contributed by atoms with E-state index in [1.54, 1.807) is 6.07 Å². The van der Waals surface area contributed by atoms with E-state index in [1.807, 2.05) is 0 Å². The largest absolute Gasteiger partial charge is 0.480 e. The molecule has 1 aliphatic carbocycles. The molecule has 114 valence electrons. The Hall–Kier alpha value is -2.11. The van der Waals surface area contributed by atoms with E-state index in [0.717, 1.165) is 25.7 Å². The second kappa shape index (κ2) is 6.56. The van der Waals surface area contributed by atoms with Gasteiger partial charge in [0.15, 0.2) is 0 Å². The van der Waals surface area contributed by atoms with Gasteiger partial charge >= 0.3 is 12.0 Å². The smallest absolute Gasteiger partial charge is 0.325 e. The van der Waals surface area contributed by atoms with Crippen molar-refractivity contribution in [2.75, 3.05) is 18.5 Å². The van der Waals surface area contributed by atoms with Gasteiger partial charge in [0.05, 0.1) is 0 Å². The van der Waals surface area contributed by atoms with Crippen molar-refractivity contribution in [2.45, 2.75) is 31.7 Å². The monoisotopic (exact) mass is 294 g/mol. The van der Waals surface area contributed by atoms with E-state index < -0.39 is 17.8 Å². The van der Waals surface area contributed by atoms with E-state index in [0.29, 0.717) is 5.69 Å². The number of halogens is 1. The lowest BCUT2D eigenvalue weighted by molar-refractivity contribution is -0.138. The van der Waals surface area contributed by atoms with Gasteiger partial charge in [0.2, 0.25) is 0 Å². The van der Waals surface area contributed by atoms with Crippen LogP contribution in [-0.2, 0) is 4.79 Å². The van der Waals surface area contributed by atoms with Gasteiger partial charge in [0.1, 0.15) is 12.4 Å². The van der Waals surface area contributed by atoms with Gasteiger partial charge in [-0.15, -0.1) is 0 Å². The number of hydrogen-bond donors (Lipinski definition) is 1. The van der Waals surface area contributed by atoms with Crippen LogP contribution in [0.1, 0.15) is 25.7 Å². The van der Waals surface area contributed by atoms with E-state index in [9.17, 15) is 14.0 Å². The van der Waals surface area contributed by atoms with E-state index >= 15 is 0 Å². The molecule has 0 unspecified atom stereocenters. The summed E-state index contributed by atoms with van der Waals surface area (Å²) in [4.78, 5) is 26.2. The summed E-state index contributed by atoms with van der Waals surface area (Å²) in [5, 5.41) is 9.02. The lowest BCUT2D eigenvalue weighted by atomic mass is 10.2. The maximum absolute atomic E-state index is 13.3. The van der Waals surface area contributed by atoms with Gasteiger partial charge in [-0.2, -0.15) is 0 Å². The zero-order valence-electron chi connectivity index (χ0n) is 12.0. The first-order valence-corrected chi connectivity index (χ1v) is 7.00. The van der Waals surface area contributed by atoms with E-state index in [-0.39, 0.29) is 12.6 Å². The fraction of sp³-hybridized carbons (Fsp3) is 0.467. The average molecular weight is 294 g/mol. The third-order valence-electron chi connectivity index (χ3n) is 3.80. The number of benzene rings is 1. The summed E-state index contributed by atoms with van der Waals surface area (Å²) in [7, 11) is 1.53. The van der Waals surface area contributed by atoms with Crippen LogP contribution in [0.5, 0.6) is 0 Å². The topological polar surface area (TPSA) is 60.9 Å². The number of rotatable bonds is 4. The summed E-state index contributed by atoms with van der Waals surface area (Å²) >= 11 is 0. The van der Waals surface area contributed by atoms with Gasteiger partial charge in [0, 0.05) is 18.8 Å². The van der Waals surface area contributed by atoms with Gasteiger partial charge in [-0.3, -0.25) is 9.69 Å². The van der Waals surface area contributed by atoms with Gasteiger partial charge in [-0.25, -0.2) is 9.18 Å². The molecule has 2 amide bonds. The minimum Gasteiger partial charge on any atom is -0.480 e. The highest BCUT2D eigenvalue weighted by Gasteiger charge is 2.30. The van der Waals surface area contributed by atoms with Gasteiger partial charge in [-0.05, 0) is 31.0 Å². The summed E-state index contributed by atoms with van der Waals surface area (Å²) in [6, 6.07) is 5.24. The van der Waals surface area contributed by atoms with Crippen LogP contribution in [0.15, 0.2) is 24.3 Å². The molecule has 0 spiro atoms. The number of urea groups is 1. The van der Waals surface area contributed by atoms with Crippen molar-refractivity contribution in [3.05, 3.63) is 30.1 Å². The second-order valence-corrected chi connectivity index (χ2v) is 5.28. The van der Waals surface area contributed by atoms with Crippen LogP contribution in [0, 0.1) is 5.82 Å². The molecule has 1 saturated carbocycles. The van der Waals surface area contributed by atoms with Crippen molar-refractivity contribution in [1.82, 2.24) is 4.90 Å². The van der Waals surface area contributed by atoms with Crippen molar-refractivity contribution < 1.29 is 19.1 Å². The first-order valence-electron chi connectivity index (χ1n) is 7.00. The minimum atomic E-state index is -1.04. The molecule has 1 N–H and O–H groups in total. The molecule has 5 nitrogen and oxygen atoms in total. The zero-order valence-corrected chi connectivity index (χ0v) is 12.0. The van der Waals surface area contributed by atoms with E-state index in [1.165, 1.54) is 35.0 Å². The van der Waals surface area contributed by atoms with E-state index in [4.69, 9.17) is 5.11 Å². The molecular formula is C15H19FN2O3. The Bertz CT molecular complexity index is 529. The zero-order chi connectivity index (χ0) is 15.4. The molecule has 0 saturated heterocycles. The van der Waals surface area contributed by atoms with Crippen molar-refractivity contribution in [3.63, 3.8) is 0 Å². The molecule has 0 aliphatic heterocycles. The summed E-state index contributed by atoms with van der Waals surface area (Å²) in [5.74, 6) is -1.47. The van der Waals surface area contributed by atoms with Crippen molar-refractivity contribution in [3.8, 4) is 0 Å². The van der Waals surface area contributed by atoms with Gasteiger partial charge in [0.25, 0.3) is 0 Å². The van der Waals surface area contributed by atoms with Crippen LogP contribution in [0.4, 0.5) is 14.9 Å². The number of hydrogen-bond acceptors (Lipinski definition) is 2. The highest BCUT2D eigenvalue weighted by atomic mass is 19.1. The Morgan fingerprint density at radius 3 is 2.57 bits per heavy atom. The lowest BCUT2D eigenvalue weighted by Crippen LogP contribution is -2.48. The maximum atomic E-state index is 13.3. The van der Waals surface area contributed by atoms with Crippen LogP contribution in [0.25, 0.3) is 0 Å². The van der Waals surface area contributed by atoms with Crippen LogP contribution in [-0.4, -0.2) is 41.6 Å². The Labute approximate surface area is 123 Å². The molecule has 0 atom stereocenters. The summed E-state index contributed by atoms with van der Waals surface area (Å²) < 4.78 is 13.3. The molecule has 6 heteroatoms. The molecule has 1 fully saturated rings. The Kier molecular flexibility index (Phi) is 4.77. The summed E-state index contributed by atoms with van der Waals surface area (Å²) in [5.41, 5.74) is 0.411. The molecule has 1 aliphatic rings. The van der Waals surface area contributed by atoms with Gasteiger partial charge < -0.3 is 10.0 Å². The normalized spacial score (nSPS) is 15.0. The Morgan fingerprint density at radius 2 is 2.00 bits per heavy atom. The number of carbonyl (C=O) groups is 2. The Balaban J connectivity index is 2.18. The SMILES string of the molecule is CN(C(=O)N(CC(=O)O)C1CCCC1)c1cccc(F)c1. The number of carbonyl (C=O) groups excluding carboxylic acids is 1. The number of aliphatic carboxylic acids is 1. The predicted molar refractivity (Wildman–Crippen MR) is 76.8 cm³/mol. The maximum Gasteiger partial charge on any atom is 0.325 e. The van der Waals surface area contributed by atoms with Gasteiger partial charge in [-0.1, -0.05) is 18.9 Å². The highest BCUT2D eigenvalue weighted by Crippen LogP contribution is 2.25. The summed E-state index contributed by atoms with van der Waals surface area (Å²) in [6.07, 6.45) is 3.63. The quantitative estimate of drug-likeness (QED) is 0.928. The molecule has 2 rings (SSSR count). The molecule has 0 bridgehead atoms. The third kappa shape index (κ3) is 3.71. The lowest BCUT2D eigenvalue weighted by Gasteiger charge is -2.31. The molecule has 0 heterocycles. The minimum absolute atomic E-state index is 0.0513. The summed E-state index contributed by atoms with van der Waals surface area (Å²) in [6.45, 7) is -0.330. The number of amides is 2. The first kappa shape index (κ1) is 15.3. The van der Waals surface area contributed by atoms with Crippen molar-refractivity contribution >= 4 is 17.7 Å². The molecule has 21 heavy (non-hydrogen) atoms. The van der Waals surface area contributed by atoms with Crippen LogP contribution in [0.2, 0.25) is 0 Å².